The van der Waals surface area contributed by atoms with Crippen molar-refractivity contribution in [3.8, 4) is 5.75 Å². The van der Waals surface area contributed by atoms with Gasteiger partial charge in [-0.1, -0.05) is 18.2 Å². The summed E-state index contributed by atoms with van der Waals surface area (Å²) in [6.45, 7) is 1.22. The zero-order valence-corrected chi connectivity index (χ0v) is 9.35. The molecule has 1 aromatic carbocycles. The van der Waals surface area contributed by atoms with Gasteiger partial charge in [0.2, 0.25) is 0 Å². The van der Waals surface area contributed by atoms with Crippen molar-refractivity contribution >= 4 is 5.90 Å². The van der Waals surface area contributed by atoms with Gasteiger partial charge in [-0.15, -0.1) is 0 Å². The van der Waals surface area contributed by atoms with Crippen LogP contribution in [-0.2, 0) is 4.74 Å². The summed E-state index contributed by atoms with van der Waals surface area (Å²) in [5.74, 6) is 1.59. The molecule has 0 saturated carbocycles. The Hall–Kier alpha value is -1.55. The topological polar surface area (TPSA) is 56.8 Å². The summed E-state index contributed by atoms with van der Waals surface area (Å²) >= 11 is 0. The maximum atomic E-state index is 5.72. The van der Waals surface area contributed by atoms with Crippen LogP contribution in [0.5, 0.6) is 5.75 Å². The highest BCUT2D eigenvalue weighted by Crippen LogP contribution is 2.30. The molecule has 0 aliphatic carbocycles. The molecule has 1 atom stereocenters. The minimum Gasteiger partial charge on any atom is -0.496 e. The van der Waals surface area contributed by atoms with Gasteiger partial charge >= 0.3 is 0 Å². The second-order valence-corrected chi connectivity index (χ2v) is 3.62. The van der Waals surface area contributed by atoms with Gasteiger partial charge < -0.3 is 15.2 Å². The van der Waals surface area contributed by atoms with Gasteiger partial charge in [-0.25, -0.2) is 0 Å². The Balaban J connectivity index is 2.10. The van der Waals surface area contributed by atoms with Crippen molar-refractivity contribution in [2.45, 2.75) is 12.5 Å². The molecule has 1 aliphatic heterocycles. The lowest BCUT2D eigenvalue weighted by Gasteiger charge is -2.14. The molecule has 1 aromatic rings. The van der Waals surface area contributed by atoms with Crippen LogP contribution >= 0.6 is 0 Å². The molecule has 0 aromatic heterocycles. The van der Waals surface area contributed by atoms with E-state index < -0.39 is 0 Å². The van der Waals surface area contributed by atoms with Crippen molar-refractivity contribution in [2.24, 2.45) is 10.7 Å². The number of nitrogens with two attached hydrogens (primary N) is 1. The summed E-state index contributed by atoms with van der Waals surface area (Å²) in [7, 11) is 1.66. The predicted octanol–water partition coefficient (Wildman–Crippen LogP) is 1.51. The number of aliphatic imine (C=N–C) groups is 1. The van der Waals surface area contributed by atoms with Gasteiger partial charge in [-0.05, 0) is 6.07 Å². The molecule has 0 spiro atoms. The Morgan fingerprint density at radius 1 is 1.50 bits per heavy atom. The van der Waals surface area contributed by atoms with Crippen LogP contribution in [0.3, 0.4) is 0 Å². The van der Waals surface area contributed by atoms with Crippen LogP contribution in [0.1, 0.15) is 18.1 Å². The van der Waals surface area contributed by atoms with Gasteiger partial charge in [-0.2, -0.15) is 0 Å². The molecule has 0 saturated heterocycles. The lowest BCUT2D eigenvalue weighted by Crippen LogP contribution is -2.10. The Bertz CT molecular complexity index is 390. The molecule has 0 radical (unpaired) electrons. The first-order chi connectivity index (χ1) is 7.85. The Morgan fingerprint density at radius 3 is 3.06 bits per heavy atom. The average molecular weight is 220 g/mol. The molecule has 0 fully saturated rings. The summed E-state index contributed by atoms with van der Waals surface area (Å²) in [6.07, 6.45) is 0.670. The first-order valence-corrected chi connectivity index (χ1v) is 5.38. The van der Waals surface area contributed by atoms with Crippen molar-refractivity contribution in [1.82, 2.24) is 0 Å². The third-order valence-electron chi connectivity index (χ3n) is 2.56. The molecular formula is C12H16N2O2. The second kappa shape index (κ2) is 4.99. The molecule has 1 unspecified atom stereocenters. The monoisotopic (exact) mass is 220 g/mol. The van der Waals surface area contributed by atoms with E-state index in [9.17, 15) is 0 Å². The summed E-state index contributed by atoms with van der Waals surface area (Å²) < 4.78 is 11.0. The molecule has 0 amide bonds. The first kappa shape index (κ1) is 11.0. The zero-order valence-electron chi connectivity index (χ0n) is 9.35. The van der Waals surface area contributed by atoms with E-state index in [1.165, 1.54) is 0 Å². The highest BCUT2D eigenvalue weighted by molar-refractivity contribution is 5.78. The van der Waals surface area contributed by atoms with Crippen molar-refractivity contribution in [1.29, 1.82) is 0 Å². The Morgan fingerprint density at radius 2 is 2.31 bits per heavy atom. The quantitative estimate of drug-likeness (QED) is 0.836. The predicted molar refractivity (Wildman–Crippen MR) is 62.8 cm³/mol. The normalized spacial score (nSPS) is 19.1. The number of methoxy groups -OCH3 is 1. The highest BCUT2D eigenvalue weighted by Gasteiger charge is 2.23. The van der Waals surface area contributed by atoms with Crippen LogP contribution in [0, 0.1) is 0 Å². The molecular weight excluding hydrogens is 204 g/mol. The van der Waals surface area contributed by atoms with Crippen molar-refractivity contribution in [3.63, 3.8) is 0 Å². The fourth-order valence-corrected chi connectivity index (χ4v) is 1.78. The third-order valence-corrected chi connectivity index (χ3v) is 2.56. The molecule has 2 rings (SSSR count). The van der Waals surface area contributed by atoms with Crippen LogP contribution in [-0.4, -0.2) is 26.1 Å². The molecule has 2 N–H and O–H groups in total. The number of benzene rings is 1. The molecule has 4 nitrogen and oxygen atoms in total. The molecule has 16 heavy (non-hydrogen) atoms. The maximum absolute atomic E-state index is 5.72. The number of rotatable bonds is 4. The van der Waals surface area contributed by atoms with Gasteiger partial charge in [0.1, 0.15) is 11.9 Å². The van der Waals surface area contributed by atoms with Crippen LogP contribution in [0.2, 0.25) is 0 Å². The van der Waals surface area contributed by atoms with Crippen LogP contribution in [0.15, 0.2) is 29.3 Å². The van der Waals surface area contributed by atoms with Crippen molar-refractivity contribution < 1.29 is 9.47 Å². The van der Waals surface area contributed by atoms with E-state index in [0.717, 1.165) is 17.2 Å². The lowest BCUT2D eigenvalue weighted by molar-refractivity contribution is 0.218. The minimum atomic E-state index is -0.0299. The third kappa shape index (κ3) is 2.17. The molecule has 4 heteroatoms. The smallest absolute Gasteiger partial charge is 0.185 e. The van der Waals surface area contributed by atoms with Crippen LogP contribution in [0.4, 0.5) is 0 Å². The Kier molecular flexibility index (Phi) is 3.41. The van der Waals surface area contributed by atoms with Crippen molar-refractivity contribution in [3.05, 3.63) is 29.8 Å². The van der Waals surface area contributed by atoms with Gasteiger partial charge in [0.15, 0.2) is 5.90 Å². The van der Waals surface area contributed by atoms with E-state index in [-0.39, 0.29) is 6.10 Å². The van der Waals surface area contributed by atoms with Crippen molar-refractivity contribution in [2.75, 3.05) is 20.2 Å². The summed E-state index contributed by atoms with van der Waals surface area (Å²) in [6, 6.07) is 7.85. The molecule has 86 valence electrons. The minimum absolute atomic E-state index is 0.0299. The molecule has 0 bridgehead atoms. The highest BCUT2D eigenvalue weighted by atomic mass is 16.5. The largest absolute Gasteiger partial charge is 0.496 e. The van der Waals surface area contributed by atoms with Crippen LogP contribution < -0.4 is 10.5 Å². The van der Waals surface area contributed by atoms with Gasteiger partial charge in [0.25, 0.3) is 0 Å². The van der Waals surface area contributed by atoms with E-state index in [2.05, 4.69) is 4.99 Å². The molecule has 1 heterocycles. The zero-order chi connectivity index (χ0) is 11.4. The van der Waals surface area contributed by atoms with Gasteiger partial charge in [0.05, 0.1) is 13.7 Å². The van der Waals surface area contributed by atoms with E-state index in [0.29, 0.717) is 19.5 Å². The standard InChI is InChI=1S/C12H16N2O2/c1-15-10-5-3-2-4-9(10)11-8-14-12(16-11)6-7-13/h2-5,11H,6-8,13H2,1H3. The Labute approximate surface area is 95.1 Å². The van der Waals surface area contributed by atoms with Gasteiger partial charge in [-0.3, -0.25) is 4.99 Å². The van der Waals surface area contributed by atoms with Crippen LogP contribution in [0.25, 0.3) is 0 Å². The lowest BCUT2D eigenvalue weighted by atomic mass is 10.1. The number of para-hydroxylation sites is 1. The van der Waals surface area contributed by atoms with Gasteiger partial charge in [0, 0.05) is 18.5 Å². The number of nitrogens with zero attached hydrogens (tertiary/aromatic N) is 1. The van der Waals surface area contributed by atoms with E-state index >= 15 is 0 Å². The second-order valence-electron chi connectivity index (χ2n) is 3.62. The maximum Gasteiger partial charge on any atom is 0.185 e. The van der Waals surface area contributed by atoms with E-state index in [4.69, 9.17) is 15.2 Å². The number of hydrogen-bond acceptors (Lipinski definition) is 4. The fourth-order valence-electron chi connectivity index (χ4n) is 1.78. The number of hydrogen-bond donors (Lipinski definition) is 1. The first-order valence-electron chi connectivity index (χ1n) is 5.38. The van der Waals surface area contributed by atoms with E-state index in [1.807, 2.05) is 24.3 Å². The van der Waals surface area contributed by atoms with E-state index in [1.54, 1.807) is 7.11 Å². The summed E-state index contributed by atoms with van der Waals surface area (Å²) in [5.41, 5.74) is 6.51. The molecule has 1 aliphatic rings. The summed E-state index contributed by atoms with van der Waals surface area (Å²) in [5, 5.41) is 0. The summed E-state index contributed by atoms with van der Waals surface area (Å²) in [4.78, 5) is 4.32. The average Bonchev–Trinajstić information content (AvgIpc) is 2.78. The number of ether oxygens (including phenoxy) is 2. The fraction of sp³-hybridized carbons (Fsp3) is 0.417. The SMILES string of the molecule is COc1ccccc1C1CN=C(CCN)O1.